The fraction of sp³-hybridized carbons (Fsp3) is 0.909. The number of rotatable bonds is 6. The molecule has 0 bridgehead atoms. The van der Waals surface area contributed by atoms with Crippen LogP contribution in [0.15, 0.2) is 0 Å². The molecule has 6 nitrogen and oxygen atoms in total. The van der Waals surface area contributed by atoms with Gasteiger partial charge >= 0.3 is 5.97 Å². The molecule has 0 unspecified atom stereocenters. The molecular weight excluding hydrogens is 256 g/mol. The highest BCUT2D eigenvalue weighted by molar-refractivity contribution is 7.86. The van der Waals surface area contributed by atoms with Gasteiger partial charge in [0.25, 0.3) is 10.2 Å². The molecular formula is C11H22N2O4S. The third kappa shape index (κ3) is 3.66. The number of carboxylic acids is 1. The SMILES string of the molecule is CCN(CC)S(=O)(=O)N1CCC(CC(=O)O)CC1. The van der Waals surface area contributed by atoms with Crippen LogP contribution in [0.2, 0.25) is 0 Å². The Morgan fingerprint density at radius 1 is 1.28 bits per heavy atom. The summed E-state index contributed by atoms with van der Waals surface area (Å²) in [4.78, 5) is 10.6. The third-order valence-corrected chi connectivity index (χ3v) is 5.58. The van der Waals surface area contributed by atoms with Gasteiger partial charge in [-0.3, -0.25) is 4.79 Å². The number of carbonyl (C=O) groups is 1. The normalized spacial score (nSPS) is 19.3. The van der Waals surface area contributed by atoms with Gasteiger partial charge in [0.05, 0.1) is 0 Å². The summed E-state index contributed by atoms with van der Waals surface area (Å²) in [6.45, 7) is 5.42. The number of piperidine rings is 1. The van der Waals surface area contributed by atoms with Crippen molar-refractivity contribution in [3.05, 3.63) is 0 Å². The highest BCUT2D eigenvalue weighted by Gasteiger charge is 2.31. The Morgan fingerprint density at radius 2 is 1.78 bits per heavy atom. The fourth-order valence-corrected chi connectivity index (χ4v) is 3.96. The van der Waals surface area contributed by atoms with Gasteiger partial charge in [0.15, 0.2) is 0 Å². The molecule has 1 rings (SSSR count). The molecule has 106 valence electrons. The molecule has 0 aliphatic carbocycles. The van der Waals surface area contributed by atoms with Crippen LogP contribution in [0.3, 0.4) is 0 Å². The maximum Gasteiger partial charge on any atom is 0.303 e. The maximum atomic E-state index is 12.2. The lowest BCUT2D eigenvalue weighted by molar-refractivity contribution is -0.138. The van der Waals surface area contributed by atoms with Crippen LogP contribution in [0, 0.1) is 5.92 Å². The van der Waals surface area contributed by atoms with Crippen LogP contribution in [0.1, 0.15) is 33.1 Å². The molecule has 18 heavy (non-hydrogen) atoms. The zero-order valence-corrected chi connectivity index (χ0v) is 11.8. The number of aliphatic carboxylic acids is 1. The summed E-state index contributed by atoms with van der Waals surface area (Å²) >= 11 is 0. The van der Waals surface area contributed by atoms with Crippen molar-refractivity contribution in [2.45, 2.75) is 33.1 Å². The van der Waals surface area contributed by atoms with Crippen LogP contribution in [0.25, 0.3) is 0 Å². The smallest absolute Gasteiger partial charge is 0.303 e. The van der Waals surface area contributed by atoms with E-state index >= 15 is 0 Å². The summed E-state index contributed by atoms with van der Waals surface area (Å²) in [5.41, 5.74) is 0. The molecule has 0 aromatic heterocycles. The second-order valence-corrected chi connectivity index (χ2v) is 6.46. The van der Waals surface area contributed by atoms with Crippen molar-refractivity contribution < 1.29 is 18.3 Å². The number of carboxylic acid groups (broad SMARTS) is 1. The minimum Gasteiger partial charge on any atom is -0.481 e. The van der Waals surface area contributed by atoms with E-state index in [0.717, 1.165) is 0 Å². The van der Waals surface area contributed by atoms with E-state index in [9.17, 15) is 13.2 Å². The molecule has 1 N–H and O–H groups in total. The molecule has 1 heterocycles. The van der Waals surface area contributed by atoms with Gasteiger partial charge in [-0.2, -0.15) is 17.0 Å². The van der Waals surface area contributed by atoms with Gasteiger partial charge in [0, 0.05) is 32.6 Å². The van der Waals surface area contributed by atoms with E-state index in [1.807, 2.05) is 13.8 Å². The van der Waals surface area contributed by atoms with Gasteiger partial charge in [0.2, 0.25) is 0 Å². The van der Waals surface area contributed by atoms with Crippen molar-refractivity contribution in [1.82, 2.24) is 8.61 Å². The highest BCUT2D eigenvalue weighted by Crippen LogP contribution is 2.23. The molecule has 1 aliphatic rings. The molecule has 0 amide bonds. The Hall–Kier alpha value is -0.660. The molecule has 1 aliphatic heterocycles. The van der Waals surface area contributed by atoms with Gasteiger partial charge in [-0.1, -0.05) is 13.8 Å². The molecule has 7 heteroatoms. The molecule has 0 saturated carbocycles. The van der Waals surface area contributed by atoms with Crippen LogP contribution in [0.4, 0.5) is 0 Å². The third-order valence-electron chi connectivity index (χ3n) is 3.39. The first-order valence-corrected chi connectivity index (χ1v) is 7.78. The van der Waals surface area contributed by atoms with Gasteiger partial charge in [-0.25, -0.2) is 0 Å². The van der Waals surface area contributed by atoms with E-state index in [0.29, 0.717) is 39.0 Å². The van der Waals surface area contributed by atoms with E-state index in [2.05, 4.69) is 0 Å². The van der Waals surface area contributed by atoms with E-state index in [-0.39, 0.29) is 12.3 Å². The molecule has 0 aromatic rings. The van der Waals surface area contributed by atoms with Crippen molar-refractivity contribution in [3.8, 4) is 0 Å². The quantitative estimate of drug-likeness (QED) is 0.778. The first-order chi connectivity index (χ1) is 8.41. The Bertz CT molecular complexity index is 371. The van der Waals surface area contributed by atoms with Gasteiger partial charge in [-0.05, 0) is 18.8 Å². The summed E-state index contributed by atoms with van der Waals surface area (Å²) in [7, 11) is -3.36. The van der Waals surface area contributed by atoms with E-state index in [4.69, 9.17) is 5.11 Å². The summed E-state index contributed by atoms with van der Waals surface area (Å²) in [5, 5.41) is 8.72. The first kappa shape index (κ1) is 15.4. The molecule has 1 fully saturated rings. The van der Waals surface area contributed by atoms with Gasteiger partial charge in [-0.15, -0.1) is 0 Å². The second-order valence-electron chi connectivity index (χ2n) is 4.53. The lowest BCUT2D eigenvalue weighted by atomic mass is 9.95. The van der Waals surface area contributed by atoms with Crippen molar-refractivity contribution in [2.24, 2.45) is 5.92 Å². The Labute approximate surface area is 109 Å². The van der Waals surface area contributed by atoms with Crippen LogP contribution in [0.5, 0.6) is 0 Å². The zero-order chi connectivity index (χ0) is 13.8. The van der Waals surface area contributed by atoms with Crippen LogP contribution >= 0.6 is 0 Å². The predicted octanol–water partition coefficient (Wildman–Crippen LogP) is 0.760. The molecule has 0 aromatic carbocycles. The number of hydrogen-bond donors (Lipinski definition) is 1. The summed E-state index contributed by atoms with van der Waals surface area (Å²) in [5.74, 6) is -0.703. The fourth-order valence-electron chi connectivity index (χ4n) is 2.30. The van der Waals surface area contributed by atoms with Crippen LogP contribution < -0.4 is 0 Å². The average molecular weight is 278 g/mol. The number of hydrogen-bond acceptors (Lipinski definition) is 3. The monoisotopic (exact) mass is 278 g/mol. The lowest BCUT2D eigenvalue weighted by Crippen LogP contribution is -2.47. The highest BCUT2D eigenvalue weighted by atomic mass is 32.2. The minimum atomic E-state index is -3.36. The van der Waals surface area contributed by atoms with E-state index < -0.39 is 16.2 Å². The Kier molecular flexibility index (Phi) is 5.55. The zero-order valence-electron chi connectivity index (χ0n) is 11.0. The second kappa shape index (κ2) is 6.49. The standard InChI is InChI=1S/C11H22N2O4S/c1-3-12(4-2)18(16,17)13-7-5-10(6-8-13)9-11(14)15/h10H,3-9H2,1-2H3,(H,14,15). The summed E-state index contributed by atoms with van der Waals surface area (Å²) in [6, 6.07) is 0. The van der Waals surface area contributed by atoms with E-state index in [1.165, 1.54) is 8.61 Å². The topological polar surface area (TPSA) is 77.9 Å². The Morgan fingerprint density at radius 3 is 2.17 bits per heavy atom. The van der Waals surface area contributed by atoms with Crippen molar-refractivity contribution in [3.63, 3.8) is 0 Å². The van der Waals surface area contributed by atoms with Crippen LogP contribution in [-0.4, -0.2) is 54.3 Å². The molecule has 0 atom stereocenters. The first-order valence-electron chi connectivity index (χ1n) is 6.38. The largest absolute Gasteiger partial charge is 0.481 e. The minimum absolute atomic E-state index is 0.102. The van der Waals surface area contributed by atoms with Crippen LogP contribution in [-0.2, 0) is 15.0 Å². The molecule has 0 radical (unpaired) electrons. The lowest BCUT2D eigenvalue weighted by Gasteiger charge is -2.33. The van der Waals surface area contributed by atoms with Gasteiger partial charge < -0.3 is 5.11 Å². The Balaban J connectivity index is 2.59. The van der Waals surface area contributed by atoms with Crippen molar-refractivity contribution in [1.29, 1.82) is 0 Å². The summed E-state index contributed by atoms with van der Waals surface area (Å²) in [6.07, 6.45) is 1.40. The number of nitrogens with zero attached hydrogens (tertiary/aromatic N) is 2. The molecule has 1 saturated heterocycles. The molecule has 0 spiro atoms. The van der Waals surface area contributed by atoms with Crippen molar-refractivity contribution in [2.75, 3.05) is 26.2 Å². The maximum absolute atomic E-state index is 12.2. The summed E-state index contributed by atoms with van der Waals surface area (Å²) < 4.78 is 27.3. The van der Waals surface area contributed by atoms with E-state index in [1.54, 1.807) is 0 Å². The van der Waals surface area contributed by atoms with Crippen molar-refractivity contribution >= 4 is 16.2 Å². The predicted molar refractivity (Wildman–Crippen MR) is 68.4 cm³/mol. The van der Waals surface area contributed by atoms with Gasteiger partial charge in [0.1, 0.15) is 0 Å². The average Bonchev–Trinajstić information content (AvgIpc) is 2.30.